The van der Waals surface area contributed by atoms with Crippen LogP contribution in [0.15, 0.2) is 77.9 Å². The zero-order valence-corrected chi connectivity index (χ0v) is 18.7. The van der Waals surface area contributed by atoms with Gasteiger partial charge < -0.3 is 9.47 Å². The first kappa shape index (κ1) is 21.8. The minimum atomic E-state index is -0.183. The number of methoxy groups -OCH3 is 2. The Morgan fingerprint density at radius 1 is 1.00 bits per heavy atom. The summed E-state index contributed by atoms with van der Waals surface area (Å²) in [5.74, 6) is 0.935. The number of carbonyl (C=O) groups excluding carboxylic acids is 1. The molecule has 0 radical (unpaired) electrons. The summed E-state index contributed by atoms with van der Waals surface area (Å²) < 4.78 is 11.7. The summed E-state index contributed by atoms with van der Waals surface area (Å²) in [6, 6.07) is 21.0. The number of hydrogen-bond acceptors (Lipinski definition) is 5. The number of benzene rings is 3. The van der Waals surface area contributed by atoms with Crippen LogP contribution < -0.4 is 14.4 Å². The molecule has 0 N–H and O–H groups in total. The molecule has 1 aliphatic rings. The van der Waals surface area contributed by atoms with Gasteiger partial charge in [0.15, 0.2) is 0 Å². The number of ether oxygens (including phenoxy) is 2. The molecule has 0 aromatic heterocycles. The van der Waals surface area contributed by atoms with Gasteiger partial charge in [-0.3, -0.25) is 14.7 Å². The van der Waals surface area contributed by atoms with Crippen molar-refractivity contribution in [3.8, 4) is 28.7 Å². The van der Waals surface area contributed by atoms with Crippen molar-refractivity contribution in [2.75, 3.05) is 25.7 Å². The maximum absolute atomic E-state index is 13.1. The topological polar surface area (TPSA) is 74.9 Å². The van der Waals surface area contributed by atoms with E-state index in [0.29, 0.717) is 34.0 Å². The number of rotatable bonds is 5. The van der Waals surface area contributed by atoms with E-state index in [1.807, 2.05) is 49.4 Å². The van der Waals surface area contributed by atoms with Crippen molar-refractivity contribution < 1.29 is 14.3 Å². The van der Waals surface area contributed by atoms with E-state index in [1.54, 1.807) is 49.6 Å². The van der Waals surface area contributed by atoms with Crippen molar-refractivity contribution in [3.63, 3.8) is 0 Å². The zero-order chi connectivity index (χ0) is 23.4. The maximum Gasteiger partial charge on any atom is 0.252 e. The first-order valence-corrected chi connectivity index (χ1v) is 10.5. The number of fused-ring (bicyclic) bond motifs is 1. The monoisotopic (exact) mass is 437 g/mol. The fraction of sp³-hybridized carbons (Fsp3) is 0.148. The zero-order valence-electron chi connectivity index (χ0n) is 18.7. The van der Waals surface area contributed by atoms with E-state index in [4.69, 9.17) is 9.47 Å². The van der Waals surface area contributed by atoms with Crippen molar-refractivity contribution in [3.05, 3.63) is 89.6 Å². The third kappa shape index (κ3) is 3.97. The molecule has 1 heterocycles. The predicted octanol–water partition coefficient (Wildman–Crippen LogP) is 4.96. The molecule has 3 aromatic rings. The van der Waals surface area contributed by atoms with E-state index >= 15 is 0 Å². The number of nitriles is 1. The van der Waals surface area contributed by atoms with Gasteiger partial charge in [-0.05, 0) is 24.6 Å². The molecule has 6 nitrogen and oxygen atoms in total. The third-order valence-corrected chi connectivity index (χ3v) is 5.41. The second kappa shape index (κ2) is 9.41. The Morgan fingerprint density at radius 2 is 1.76 bits per heavy atom. The lowest BCUT2D eigenvalue weighted by molar-refractivity contribution is -0.116. The lowest BCUT2D eigenvalue weighted by Crippen LogP contribution is -2.27. The predicted molar refractivity (Wildman–Crippen MR) is 129 cm³/mol. The van der Waals surface area contributed by atoms with Crippen LogP contribution in [0.1, 0.15) is 23.6 Å². The van der Waals surface area contributed by atoms with E-state index in [9.17, 15) is 10.1 Å². The summed E-state index contributed by atoms with van der Waals surface area (Å²) in [6.45, 7) is 1.81. The first-order valence-electron chi connectivity index (χ1n) is 10.5. The van der Waals surface area contributed by atoms with Gasteiger partial charge >= 0.3 is 0 Å². The molecule has 1 amide bonds. The molecule has 0 bridgehead atoms. The Morgan fingerprint density at radius 3 is 2.42 bits per heavy atom. The first-order chi connectivity index (χ1) is 16.1. The molecule has 1 aliphatic heterocycles. The van der Waals surface area contributed by atoms with Crippen LogP contribution in [0.2, 0.25) is 0 Å². The molecule has 0 saturated heterocycles. The van der Waals surface area contributed by atoms with E-state index in [1.165, 1.54) is 0 Å². The molecule has 0 saturated carbocycles. The normalized spacial score (nSPS) is 13.2. The molecule has 0 spiro atoms. The van der Waals surface area contributed by atoms with Gasteiger partial charge in [0, 0.05) is 17.8 Å². The van der Waals surface area contributed by atoms with Crippen LogP contribution in [0.4, 0.5) is 5.69 Å². The van der Waals surface area contributed by atoms with Gasteiger partial charge in [0.25, 0.3) is 5.91 Å². The van der Waals surface area contributed by atoms with Gasteiger partial charge in [-0.25, -0.2) is 0 Å². The molecule has 33 heavy (non-hydrogen) atoms. The lowest BCUT2D eigenvalue weighted by Gasteiger charge is -2.25. The van der Waals surface area contributed by atoms with Crippen molar-refractivity contribution in [2.24, 2.45) is 4.99 Å². The number of aliphatic imine (C=N–C) groups is 1. The van der Waals surface area contributed by atoms with Crippen LogP contribution in [0.3, 0.4) is 0 Å². The van der Waals surface area contributed by atoms with Crippen molar-refractivity contribution in [1.29, 1.82) is 5.26 Å². The summed E-state index contributed by atoms with van der Waals surface area (Å²) in [7, 11) is 3.19. The lowest BCUT2D eigenvalue weighted by atomic mass is 9.92. The Kier molecular flexibility index (Phi) is 6.23. The Labute approximate surface area is 193 Å². The maximum atomic E-state index is 13.1. The number of benzodiazepines with no additional fused rings is 1. The fourth-order valence-electron chi connectivity index (χ4n) is 4.00. The number of nitrogens with zero attached hydrogens (tertiary/aromatic N) is 3. The summed E-state index contributed by atoms with van der Waals surface area (Å²) in [4.78, 5) is 19.3. The number of amides is 1. The number of carbonyl (C=O) groups is 1. The highest BCUT2D eigenvalue weighted by atomic mass is 16.5. The Hall–Kier alpha value is -4.37. The second-order valence-corrected chi connectivity index (χ2v) is 7.35. The summed E-state index contributed by atoms with van der Waals surface area (Å²) in [5.41, 5.74) is 4.76. The smallest absolute Gasteiger partial charge is 0.252 e. The number of anilines is 1. The molecule has 0 fully saturated rings. The van der Waals surface area contributed by atoms with Crippen LogP contribution in [0.5, 0.6) is 11.5 Å². The van der Waals surface area contributed by atoms with Gasteiger partial charge in [0.2, 0.25) is 0 Å². The highest BCUT2D eigenvalue weighted by molar-refractivity contribution is 6.22. The second-order valence-electron chi connectivity index (χ2n) is 7.35. The molecule has 0 unspecified atom stereocenters. The molecular formula is C27H23N3O3. The molecule has 0 atom stereocenters. The number of hydrogen-bond donors (Lipinski definition) is 0. The van der Waals surface area contributed by atoms with Crippen LogP contribution in [-0.2, 0) is 4.79 Å². The quantitative estimate of drug-likeness (QED) is 0.565. The van der Waals surface area contributed by atoms with Gasteiger partial charge in [-0.1, -0.05) is 48.5 Å². The average molecular weight is 437 g/mol. The van der Waals surface area contributed by atoms with Crippen LogP contribution in [0.25, 0.3) is 11.1 Å². The van der Waals surface area contributed by atoms with Crippen molar-refractivity contribution in [1.82, 2.24) is 0 Å². The van der Waals surface area contributed by atoms with Gasteiger partial charge in [-0.2, -0.15) is 5.26 Å². The molecule has 164 valence electrons. The molecule has 0 aliphatic carbocycles. The van der Waals surface area contributed by atoms with Gasteiger partial charge in [-0.15, -0.1) is 0 Å². The van der Waals surface area contributed by atoms with E-state index in [2.05, 4.69) is 11.1 Å². The molecule has 3 aromatic carbocycles. The van der Waals surface area contributed by atoms with E-state index in [-0.39, 0.29) is 12.5 Å². The van der Waals surface area contributed by atoms with Gasteiger partial charge in [0.1, 0.15) is 18.0 Å². The van der Waals surface area contributed by atoms with Crippen LogP contribution in [0, 0.1) is 11.3 Å². The number of allylic oxidation sites excluding steroid dienone is 1. The fourth-order valence-corrected chi connectivity index (χ4v) is 4.00. The van der Waals surface area contributed by atoms with Crippen molar-refractivity contribution >= 4 is 17.3 Å². The molecule has 4 rings (SSSR count). The molecule has 6 heteroatoms. The Balaban J connectivity index is 2.12. The summed E-state index contributed by atoms with van der Waals surface area (Å²) >= 11 is 0. The van der Waals surface area contributed by atoms with Crippen LogP contribution in [-0.4, -0.2) is 32.4 Å². The molecular weight excluding hydrogens is 414 g/mol. The van der Waals surface area contributed by atoms with E-state index in [0.717, 1.165) is 16.7 Å². The highest BCUT2D eigenvalue weighted by Crippen LogP contribution is 2.47. The standard InChI is InChI=1S/C27H23N3O3/c1-4-13-30-21-15-22(32-2)24(19-10-6-5-7-11-19)27(33-3)25(21)26(29-17-23(30)31)20-12-8-9-18(14-20)16-28/h4-15H,17H2,1-3H3. The average Bonchev–Trinajstić information content (AvgIpc) is 3.00. The summed E-state index contributed by atoms with van der Waals surface area (Å²) in [6.07, 6.45) is 3.51. The third-order valence-electron chi connectivity index (χ3n) is 5.41. The van der Waals surface area contributed by atoms with Crippen molar-refractivity contribution in [2.45, 2.75) is 6.92 Å². The summed E-state index contributed by atoms with van der Waals surface area (Å²) in [5, 5.41) is 9.42. The van der Waals surface area contributed by atoms with Crippen LogP contribution >= 0.6 is 0 Å². The van der Waals surface area contributed by atoms with E-state index < -0.39 is 0 Å². The minimum Gasteiger partial charge on any atom is -0.496 e. The largest absolute Gasteiger partial charge is 0.496 e. The highest BCUT2D eigenvalue weighted by Gasteiger charge is 2.31. The Bertz CT molecular complexity index is 1300. The minimum absolute atomic E-state index is 0.0444. The SMILES string of the molecule is CC=CN1C(=O)CN=C(c2cccc(C#N)c2)c2c1cc(OC)c(-c1ccccc1)c2OC. The van der Waals surface area contributed by atoms with Gasteiger partial charge in [0.05, 0.1) is 48.4 Å².